The molecule has 0 amide bonds. The Kier molecular flexibility index (Phi) is 8.96. The van der Waals surface area contributed by atoms with Gasteiger partial charge in [-0.1, -0.05) is 0 Å². The highest BCUT2D eigenvalue weighted by Gasteiger charge is 2.27. The van der Waals surface area contributed by atoms with Crippen molar-refractivity contribution in [3.63, 3.8) is 0 Å². The van der Waals surface area contributed by atoms with E-state index in [4.69, 9.17) is 24.6 Å². The second kappa shape index (κ2) is 7.09. The van der Waals surface area contributed by atoms with Crippen molar-refractivity contribution in [2.75, 3.05) is 20.3 Å². The molecule has 0 aliphatic rings. The number of rotatable bonds is 2. The lowest BCUT2D eigenvalue weighted by Crippen LogP contribution is -2.37. The van der Waals surface area contributed by atoms with Crippen LogP contribution in [0.25, 0.3) is 0 Å². The zero-order valence-electron chi connectivity index (χ0n) is 5.56. The molecule has 7 heteroatoms. The minimum atomic E-state index is -4.13. The average molecular weight is 172 g/mol. The summed E-state index contributed by atoms with van der Waals surface area (Å²) >= 11 is 0. The smallest absolute Gasteiger partial charge is 0.394 e. The molecule has 0 saturated heterocycles. The fraction of sp³-hybridized carbons (Fsp3) is 1.00. The van der Waals surface area contributed by atoms with E-state index in [1.165, 1.54) is 0 Å². The highest BCUT2D eigenvalue weighted by molar-refractivity contribution is 6.48. The fourth-order valence-electron chi connectivity index (χ4n) is 0. The maximum atomic E-state index is 7.85. The maximum Gasteiger partial charge on any atom is 0.671 e. The third-order valence-corrected chi connectivity index (χ3v) is 0.922. The van der Waals surface area contributed by atoms with E-state index < -0.39 is 9.05 Å². The highest BCUT2D eigenvalue weighted by atomic mass is 28.4. The Morgan fingerprint density at radius 3 is 1.30 bits per heavy atom. The van der Waals surface area contributed by atoms with E-state index >= 15 is 0 Å². The molecule has 0 rings (SSSR count). The molecule has 0 radical (unpaired) electrons. The van der Waals surface area contributed by atoms with Gasteiger partial charge in [0.1, 0.15) is 0 Å². The van der Waals surface area contributed by atoms with E-state index in [9.17, 15) is 0 Å². The summed E-state index contributed by atoms with van der Waals surface area (Å²) < 4.78 is 3.74. The van der Waals surface area contributed by atoms with Crippen molar-refractivity contribution in [2.24, 2.45) is 0 Å². The average Bonchev–Trinajstić information content (AvgIpc) is 1.87. The first-order valence-corrected chi connectivity index (χ1v) is 4.17. The van der Waals surface area contributed by atoms with Crippen LogP contribution in [0.1, 0.15) is 0 Å². The van der Waals surface area contributed by atoms with E-state index in [0.717, 1.165) is 7.11 Å². The van der Waals surface area contributed by atoms with Crippen molar-refractivity contribution in [3.8, 4) is 0 Å². The van der Waals surface area contributed by atoms with Gasteiger partial charge in [-0.2, -0.15) is 0 Å². The van der Waals surface area contributed by atoms with E-state index in [2.05, 4.69) is 4.43 Å². The van der Waals surface area contributed by atoms with Gasteiger partial charge in [0, 0.05) is 7.11 Å². The highest BCUT2D eigenvalue weighted by Crippen LogP contribution is 1.80. The predicted octanol–water partition coefficient (Wildman–Crippen LogP) is -2.98. The molecule has 64 valence electrons. The molecular weight excluding hydrogens is 160 g/mol. The summed E-state index contributed by atoms with van der Waals surface area (Å²) in [4.78, 5) is 23.6. The van der Waals surface area contributed by atoms with E-state index in [-0.39, 0.29) is 13.2 Å². The zero-order chi connectivity index (χ0) is 8.62. The lowest BCUT2D eigenvalue weighted by atomic mass is 10.8. The van der Waals surface area contributed by atoms with Crippen molar-refractivity contribution >= 4 is 9.05 Å². The molecule has 0 aromatic carbocycles. The molecular formula is C3H12O6Si. The number of aliphatic hydroxyl groups excluding tert-OH is 2. The normalized spacial score (nSPS) is 10.2. The van der Waals surface area contributed by atoms with Gasteiger partial charge in [0.05, 0.1) is 13.2 Å². The Morgan fingerprint density at radius 1 is 1.10 bits per heavy atom. The SMILES string of the molecule is CO[Si](O)(O)O.OCCO. The van der Waals surface area contributed by atoms with Gasteiger partial charge in [-0.05, 0) is 0 Å². The molecule has 0 spiro atoms. The molecule has 5 N–H and O–H groups in total. The summed E-state index contributed by atoms with van der Waals surface area (Å²) in [6, 6.07) is 0. The molecule has 0 aliphatic carbocycles. The Hall–Kier alpha value is -0.0231. The van der Waals surface area contributed by atoms with Gasteiger partial charge < -0.3 is 29.0 Å². The van der Waals surface area contributed by atoms with Crippen molar-refractivity contribution < 1.29 is 29.0 Å². The largest absolute Gasteiger partial charge is 0.671 e. The van der Waals surface area contributed by atoms with Crippen molar-refractivity contribution in [2.45, 2.75) is 0 Å². The Balaban J connectivity index is 0. The van der Waals surface area contributed by atoms with Crippen LogP contribution in [0.4, 0.5) is 0 Å². The molecule has 0 atom stereocenters. The van der Waals surface area contributed by atoms with Gasteiger partial charge in [-0.25, -0.2) is 0 Å². The number of hydrogen-bond donors (Lipinski definition) is 5. The maximum absolute atomic E-state index is 7.85. The molecule has 0 fully saturated rings. The van der Waals surface area contributed by atoms with Crippen molar-refractivity contribution in [3.05, 3.63) is 0 Å². The summed E-state index contributed by atoms with van der Waals surface area (Å²) in [5.41, 5.74) is 0. The molecule has 0 bridgehead atoms. The van der Waals surface area contributed by atoms with Crippen LogP contribution in [-0.2, 0) is 4.43 Å². The first-order chi connectivity index (χ1) is 4.47. The van der Waals surface area contributed by atoms with Crippen LogP contribution in [0.15, 0.2) is 0 Å². The summed E-state index contributed by atoms with van der Waals surface area (Å²) in [7, 11) is -3.11. The monoisotopic (exact) mass is 172 g/mol. The van der Waals surface area contributed by atoms with Crippen molar-refractivity contribution in [1.29, 1.82) is 0 Å². The van der Waals surface area contributed by atoms with E-state index in [1.807, 2.05) is 0 Å². The van der Waals surface area contributed by atoms with Gasteiger partial charge >= 0.3 is 9.05 Å². The zero-order valence-corrected chi connectivity index (χ0v) is 6.56. The summed E-state index contributed by atoms with van der Waals surface area (Å²) in [5.74, 6) is 0. The lowest BCUT2D eigenvalue weighted by molar-refractivity contribution is 0.0881. The first kappa shape index (κ1) is 12.6. The molecule has 0 heterocycles. The van der Waals surface area contributed by atoms with Crippen LogP contribution < -0.4 is 0 Å². The Morgan fingerprint density at radius 2 is 1.30 bits per heavy atom. The quantitative estimate of drug-likeness (QED) is 0.284. The molecule has 0 aliphatic heterocycles. The van der Waals surface area contributed by atoms with Gasteiger partial charge in [0.25, 0.3) is 0 Å². The number of hydrogen-bond acceptors (Lipinski definition) is 6. The molecule has 0 unspecified atom stereocenters. The van der Waals surface area contributed by atoms with Gasteiger partial charge in [0.15, 0.2) is 0 Å². The Bertz CT molecular complexity index is 58.5. The van der Waals surface area contributed by atoms with Crippen LogP contribution in [0, 0.1) is 0 Å². The molecule has 10 heavy (non-hydrogen) atoms. The minimum Gasteiger partial charge on any atom is -0.394 e. The number of aliphatic hydroxyl groups is 2. The van der Waals surface area contributed by atoms with Crippen LogP contribution in [0.5, 0.6) is 0 Å². The minimum absolute atomic E-state index is 0.125. The van der Waals surface area contributed by atoms with Crippen LogP contribution >= 0.6 is 0 Å². The third kappa shape index (κ3) is 24.6. The predicted molar refractivity (Wildman–Crippen MR) is 33.6 cm³/mol. The van der Waals surface area contributed by atoms with Crippen LogP contribution in [0.3, 0.4) is 0 Å². The third-order valence-electron chi connectivity index (χ3n) is 0.374. The molecule has 0 saturated carbocycles. The van der Waals surface area contributed by atoms with E-state index in [0.29, 0.717) is 0 Å². The standard InChI is InChI=1S/C2H6O2.CH6O4Si/c3-1-2-4;1-5-6(2,3)4/h3-4H,1-2H2;2-4H,1H3. The first-order valence-electron chi connectivity index (χ1n) is 2.42. The lowest BCUT2D eigenvalue weighted by Gasteiger charge is -2.01. The second-order valence-electron chi connectivity index (χ2n) is 1.23. The van der Waals surface area contributed by atoms with Crippen molar-refractivity contribution in [1.82, 2.24) is 0 Å². The van der Waals surface area contributed by atoms with Gasteiger partial charge in [-0.3, -0.25) is 0 Å². The van der Waals surface area contributed by atoms with E-state index in [1.54, 1.807) is 0 Å². The second-order valence-corrected chi connectivity index (χ2v) is 2.78. The Labute approximate surface area is 59.4 Å². The fourth-order valence-corrected chi connectivity index (χ4v) is 0. The molecule has 6 nitrogen and oxygen atoms in total. The van der Waals surface area contributed by atoms with Gasteiger partial charge in [0.2, 0.25) is 0 Å². The molecule has 0 aromatic heterocycles. The van der Waals surface area contributed by atoms with Crippen LogP contribution in [-0.4, -0.2) is 54.0 Å². The van der Waals surface area contributed by atoms with Crippen LogP contribution in [0.2, 0.25) is 0 Å². The summed E-state index contributed by atoms with van der Waals surface area (Å²) in [6.45, 7) is -0.250. The summed E-state index contributed by atoms with van der Waals surface area (Å²) in [6.07, 6.45) is 0. The molecule has 0 aromatic rings. The summed E-state index contributed by atoms with van der Waals surface area (Å²) in [5, 5.41) is 15.2. The topological polar surface area (TPSA) is 110 Å². The van der Waals surface area contributed by atoms with Gasteiger partial charge in [-0.15, -0.1) is 0 Å².